The second-order valence-electron chi connectivity index (χ2n) is 7.08. The Morgan fingerprint density at radius 2 is 1.88 bits per heavy atom. The van der Waals surface area contributed by atoms with Gasteiger partial charge in [-0.1, -0.05) is 32.0 Å². The Hall–Kier alpha value is -2.53. The number of hydrogen-bond donors (Lipinski definition) is 1. The first-order valence-corrected chi connectivity index (χ1v) is 8.80. The summed E-state index contributed by atoms with van der Waals surface area (Å²) in [5.41, 5.74) is 4.27. The van der Waals surface area contributed by atoms with Crippen molar-refractivity contribution in [3.05, 3.63) is 54.1 Å². The van der Waals surface area contributed by atoms with Crippen LogP contribution in [0.3, 0.4) is 0 Å². The van der Waals surface area contributed by atoms with E-state index in [1.165, 1.54) is 5.56 Å². The van der Waals surface area contributed by atoms with Crippen molar-refractivity contribution in [2.45, 2.75) is 39.9 Å². The van der Waals surface area contributed by atoms with Gasteiger partial charge in [0.25, 0.3) is 0 Å². The van der Waals surface area contributed by atoms with Crippen LogP contribution in [0.25, 0.3) is 10.9 Å². The van der Waals surface area contributed by atoms with Gasteiger partial charge in [0.1, 0.15) is 12.1 Å². The predicted octanol–water partition coefficient (Wildman–Crippen LogP) is 4.13. The molecule has 3 aromatic rings. The Balaban J connectivity index is 1.61. The van der Waals surface area contributed by atoms with Crippen molar-refractivity contribution < 1.29 is 0 Å². The topological polar surface area (TPSA) is 53.9 Å². The van der Waals surface area contributed by atoms with Crippen LogP contribution < -0.4 is 5.32 Å². The van der Waals surface area contributed by atoms with E-state index < -0.39 is 0 Å². The normalized spacial score (nSPS) is 15.5. The third-order valence-electron chi connectivity index (χ3n) is 5.14. The molecule has 128 valence electrons. The first-order valence-electron chi connectivity index (χ1n) is 8.80. The average Bonchev–Trinajstić information content (AvgIpc) is 3.06. The van der Waals surface area contributed by atoms with Crippen LogP contribution in [0.2, 0.25) is 0 Å². The third-order valence-corrected chi connectivity index (χ3v) is 5.14. The number of para-hydroxylation sites is 1. The Labute approximate surface area is 148 Å². The number of aromatic nitrogens is 3. The minimum Gasteiger partial charge on any atom is -0.339 e. The zero-order valence-corrected chi connectivity index (χ0v) is 14.9. The maximum absolute atomic E-state index is 4.52. The second kappa shape index (κ2) is 6.41. The molecule has 1 N–H and O–H groups in total. The fourth-order valence-electron chi connectivity index (χ4n) is 3.30. The summed E-state index contributed by atoms with van der Waals surface area (Å²) in [6.45, 7) is 8.59. The number of benzene rings is 1. The number of rotatable bonds is 4. The minimum absolute atomic E-state index is 0.518. The quantitative estimate of drug-likeness (QED) is 0.778. The summed E-state index contributed by atoms with van der Waals surface area (Å²) in [5.74, 6) is 1.50. The van der Waals surface area contributed by atoms with E-state index in [1.54, 1.807) is 6.33 Å². The SMILES string of the molecule is CC(C)C(C)N1Cc2ncnc(Nc3cnc4ccccc4c3)c2C1. The van der Waals surface area contributed by atoms with Crippen LogP contribution in [0.4, 0.5) is 11.5 Å². The molecule has 5 nitrogen and oxygen atoms in total. The second-order valence-corrected chi connectivity index (χ2v) is 7.08. The molecule has 5 heteroatoms. The van der Waals surface area contributed by atoms with Gasteiger partial charge in [0, 0.05) is 30.1 Å². The molecule has 1 aliphatic rings. The van der Waals surface area contributed by atoms with Crippen LogP contribution in [-0.4, -0.2) is 25.9 Å². The van der Waals surface area contributed by atoms with E-state index in [0.717, 1.165) is 41.2 Å². The van der Waals surface area contributed by atoms with E-state index in [9.17, 15) is 0 Å². The molecule has 0 bridgehead atoms. The van der Waals surface area contributed by atoms with Crippen LogP contribution in [0.1, 0.15) is 32.0 Å². The molecule has 1 unspecified atom stereocenters. The van der Waals surface area contributed by atoms with E-state index in [4.69, 9.17) is 0 Å². The molecule has 2 aromatic heterocycles. The van der Waals surface area contributed by atoms with Crippen LogP contribution in [-0.2, 0) is 13.1 Å². The summed E-state index contributed by atoms with van der Waals surface area (Å²) >= 11 is 0. The maximum atomic E-state index is 4.52. The van der Waals surface area contributed by atoms with Crippen molar-refractivity contribution in [1.29, 1.82) is 0 Å². The lowest BCUT2D eigenvalue weighted by Crippen LogP contribution is -2.32. The molecule has 1 aromatic carbocycles. The lowest BCUT2D eigenvalue weighted by atomic mass is 10.1. The molecule has 4 rings (SSSR count). The van der Waals surface area contributed by atoms with Crippen LogP contribution in [0.15, 0.2) is 42.9 Å². The first-order chi connectivity index (χ1) is 12.1. The van der Waals surface area contributed by atoms with E-state index in [0.29, 0.717) is 12.0 Å². The van der Waals surface area contributed by atoms with Gasteiger partial charge in [0.2, 0.25) is 0 Å². The largest absolute Gasteiger partial charge is 0.339 e. The molecule has 0 fully saturated rings. The van der Waals surface area contributed by atoms with Gasteiger partial charge in [-0.05, 0) is 25.0 Å². The van der Waals surface area contributed by atoms with Gasteiger partial charge in [-0.25, -0.2) is 9.97 Å². The molecular formula is C20H23N5. The zero-order valence-electron chi connectivity index (χ0n) is 14.9. The molecule has 0 saturated heterocycles. The first kappa shape index (κ1) is 16.0. The fraction of sp³-hybridized carbons (Fsp3) is 0.350. The maximum Gasteiger partial charge on any atom is 0.138 e. The molecule has 0 amide bonds. The molecule has 1 aliphatic heterocycles. The molecule has 0 spiro atoms. The lowest BCUT2D eigenvalue weighted by Gasteiger charge is -2.26. The molecule has 0 aliphatic carbocycles. The Morgan fingerprint density at radius 3 is 2.72 bits per heavy atom. The van der Waals surface area contributed by atoms with E-state index >= 15 is 0 Å². The van der Waals surface area contributed by atoms with Crippen LogP contribution in [0.5, 0.6) is 0 Å². The number of nitrogens with zero attached hydrogens (tertiary/aromatic N) is 4. The fourth-order valence-corrected chi connectivity index (χ4v) is 3.30. The molecule has 3 heterocycles. The predicted molar refractivity (Wildman–Crippen MR) is 101 cm³/mol. The summed E-state index contributed by atoms with van der Waals surface area (Å²) in [6.07, 6.45) is 3.51. The zero-order chi connectivity index (χ0) is 17.4. The monoisotopic (exact) mass is 333 g/mol. The Morgan fingerprint density at radius 1 is 1.04 bits per heavy atom. The molecule has 25 heavy (non-hydrogen) atoms. The molecule has 1 atom stereocenters. The van der Waals surface area contributed by atoms with Crippen molar-refractivity contribution in [3.63, 3.8) is 0 Å². The number of pyridine rings is 1. The number of nitrogens with one attached hydrogen (secondary N) is 1. The van der Waals surface area contributed by atoms with Crippen molar-refractivity contribution in [1.82, 2.24) is 19.9 Å². The van der Waals surface area contributed by atoms with E-state index in [1.807, 2.05) is 24.4 Å². The average molecular weight is 333 g/mol. The number of fused-ring (bicyclic) bond motifs is 2. The number of hydrogen-bond acceptors (Lipinski definition) is 5. The van der Waals surface area contributed by atoms with Gasteiger partial charge in [-0.3, -0.25) is 9.88 Å². The van der Waals surface area contributed by atoms with Crippen LogP contribution in [0, 0.1) is 5.92 Å². The van der Waals surface area contributed by atoms with Gasteiger partial charge in [0.15, 0.2) is 0 Å². The lowest BCUT2D eigenvalue weighted by molar-refractivity contribution is 0.169. The van der Waals surface area contributed by atoms with Gasteiger partial charge in [-0.2, -0.15) is 0 Å². The highest BCUT2D eigenvalue weighted by molar-refractivity contribution is 5.82. The van der Waals surface area contributed by atoms with Gasteiger partial charge < -0.3 is 5.32 Å². The van der Waals surface area contributed by atoms with Crippen molar-refractivity contribution in [2.24, 2.45) is 5.92 Å². The van der Waals surface area contributed by atoms with Crippen molar-refractivity contribution in [3.8, 4) is 0 Å². The standard InChI is InChI=1S/C20H23N5/c1-13(2)14(3)25-10-17-19(11-25)22-12-23-20(17)24-16-8-15-6-4-5-7-18(15)21-9-16/h4-9,12-14H,10-11H2,1-3H3,(H,22,23,24). The summed E-state index contributed by atoms with van der Waals surface area (Å²) in [4.78, 5) is 16.0. The molecular weight excluding hydrogens is 310 g/mol. The van der Waals surface area contributed by atoms with Gasteiger partial charge >= 0.3 is 0 Å². The molecule has 0 saturated carbocycles. The Bertz CT molecular complexity index is 905. The smallest absolute Gasteiger partial charge is 0.138 e. The van der Waals surface area contributed by atoms with Crippen molar-refractivity contribution >= 4 is 22.4 Å². The highest BCUT2D eigenvalue weighted by atomic mass is 15.2. The highest BCUT2D eigenvalue weighted by Crippen LogP contribution is 2.31. The summed E-state index contributed by atoms with van der Waals surface area (Å²) in [5, 5.41) is 4.56. The summed E-state index contributed by atoms with van der Waals surface area (Å²) in [7, 11) is 0. The van der Waals surface area contributed by atoms with E-state index in [2.05, 4.69) is 58.1 Å². The summed E-state index contributed by atoms with van der Waals surface area (Å²) < 4.78 is 0. The third kappa shape index (κ3) is 3.07. The number of anilines is 2. The van der Waals surface area contributed by atoms with Gasteiger partial charge in [0.05, 0.1) is 23.1 Å². The van der Waals surface area contributed by atoms with Gasteiger partial charge in [-0.15, -0.1) is 0 Å². The highest BCUT2D eigenvalue weighted by Gasteiger charge is 2.28. The van der Waals surface area contributed by atoms with E-state index in [-0.39, 0.29) is 0 Å². The minimum atomic E-state index is 0.518. The Kier molecular flexibility index (Phi) is 4.09. The van der Waals surface area contributed by atoms with Crippen molar-refractivity contribution in [2.75, 3.05) is 5.32 Å². The molecule has 0 radical (unpaired) electrons. The van der Waals surface area contributed by atoms with Crippen LogP contribution >= 0.6 is 0 Å². The summed E-state index contributed by atoms with van der Waals surface area (Å²) in [6, 6.07) is 10.8.